The van der Waals surface area contributed by atoms with Gasteiger partial charge >= 0.3 is 6.09 Å². The van der Waals surface area contributed by atoms with Crippen molar-refractivity contribution >= 4 is 29.1 Å². The molecule has 8 heavy (non-hydrogen) atoms. The standard InChI is InChI=1S/C4H6INO2/c1-2-3-6-4(7)8-5/h2H,1,3H2,(H,6,7). The Morgan fingerprint density at radius 3 is 3.00 bits per heavy atom. The van der Waals surface area contributed by atoms with Crippen LogP contribution in [0.15, 0.2) is 12.7 Å². The summed E-state index contributed by atoms with van der Waals surface area (Å²) in [5.74, 6) is 0. The summed E-state index contributed by atoms with van der Waals surface area (Å²) in [7, 11) is 0. The molecular formula is C4H6INO2. The van der Waals surface area contributed by atoms with E-state index in [1.165, 1.54) is 23.0 Å². The fourth-order valence-electron chi connectivity index (χ4n) is 0.183. The minimum Gasteiger partial charge on any atom is -0.378 e. The summed E-state index contributed by atoms with van der Waals surface area (Å²) in [5.41, 5.74) is 0. The Morgan fingerprint density at radius 1 is 2.00 bits per heavy atom. The van der Waals surface area contributed by atoms with Gasteiger partial charge in [0.05, 0.1) is 0 Å². The summed E-state index contributed by atoms with van der Waals surface area (Å²) < 4.78 is 4.22. The molecule has 46 valence electrons. The first kappa shape index (κ1) is 7.74. The molecule has 0 aromatic carbocycles. The smallest absolute Gasteiger partial charge is 0.378 e. The summed E-state index contributed by atoms with van der Waals surface area (Å²) in [6.45, 7) is 3.84. The zero-order valence-corrected chi connectivity index (χ0v) is 6.34. The predicted molar refractivity (Wildman–Crippen MR) is 38.7 cm³/mol. The molecule has 0 aliphatic heterocycles. The fourth-order valence-corrected chi connectivity index (χ4v) is 0.338. The Hall–Kier alpha value is -0.260. The Kier molecular flexibility index (Phi) is 4.73. The molecule has 0 aliphatic rings. The second kappa shape index (κ2) is 4.89. The summed E-state index contributed by atoms with van der Waals surface area (Å²) in [6.07, 6.45) is 1.14. The number of carbonyl (C=O) groups is 1. The quantitative estimate of drug-likeness (QED) is 0.569. The Morgan fingerprint density at radius 2 is 2.62 bits per heavy atom. The normalized spacial score (nSPS) is 7.62. The first-order valence-corrected chi connectivity index (χ1v) is 2.86. The van der Waals surface area contributed by atoms with Gasteiger partial charge < -0.3 is 8.38 Å². The van der Waals surface area contributed by atoms with Crippen LogP contribution in [0.2, 0.25) is 0 Å². The number of carbonyl (C=O) groups excluding carboxylic acids is 1. The van der Waals surface area contributed by atoms with Gasteiger partial charge in [0.25, 0.3) is 0 Å². The highest BCUT2D eigenvalue weighted by atomic mass is 127. The maximum Gasteiger partial charge on any atom is 0.416 e. The van der Waals surface area contributed by atoms with Crippen molar-refractivity contribution in [3.8, 4) is 0 Å². The summed E-state index contributed by atoms with van der Waals surface area (Å²) in [5, 5.41) is 2.40. The highest BCUT2D eigenvalue weighted by Crippen LogP contribution is 1.84. The van der Waals surface area contributed by atoms with E-state index in [1.54, 1.807) is 6.08 Å². The molecule has 0 atom stereocenters. The van der Waals surface area contributed by atoms with Crippen LogP contribution in [0.4, 0.5) is 4.79 Å². The van der Waals surface area contributed by atoms with E-state index < -0.39 is 6.09 Å². The van der Waals surface area contributed by atoms with E-state index in [0.29, 0.717) is 6.54 Å². The Balaban J connectivity index is 3.11. The van der Waals surface area contributed by atoms with Gasteiger partial charge in [-0.05, 0) is 0 Å². The lowest BCUT2D eigenvalue weighted by Gasteiger charge is -1.93. The van der Waals surface area contributed by atoms with Crippen LogP contribution in [-0.2, 0) is 3.07 Å². The number of nitrogens with one attached hydrogen (secondary N) is 1. The topological polar surface area (TPSA) is 38.3 Å². The average Bonchev–Trinajstić information content (AvgIpc) is 1.83. The lowest BCUT2D eigenvalue weighted by atomic mass is 10.6. The first-order chi connectivity index (χ1) is 3.81. The molecular weight excluding hydrogens is 221 g/mol. The molecule has 0 aromatic rings. The SMILES string of the molecule is C=CCNC(=O)OI. The molecule has 0 spiro atoms. The van der Waals surface area contributed by atoms with Crippen molar-refractivity contribution in [1.29, 1.82) is 0 Å². The Labute approximate surface area is 61.8 Å². The van der Waals surface area contributed by atoms with E-state index >= 15 is 0 Å². The zero-order chi connectivity index (χ0) is 6.41. The minimum atomic E-state index is -0.439. The molecule has 0 rings (SSSR count). The monoisotopic (exact) mass is 227 g/mol. The zero-order valence-electron chi connectivity index (χ0n) is 4.19. The van der Waals surface area contributed by atoms with Gasteiger partial charge in [0.15, 0.2) is 23.0 Å². The molecule has 0 aromatic heterocycles. The Bertz CT molecular complexity index is 94.0. The third-order valence-electron chi connectivity index (χ3n) is 0.461. The molecule has 0 unspecified atom stereocenters. The van der Waals surface area contributed by atoms with Crippen LogP contribution < -0.4 is 5.32 Å². The van der Waals surface area contributed by atoms with Crippen LogP contribution in [-0.4, -0.2) is 12.6 Å². The van der Waals surface area contributed by atoms with Crippen LogP contribution in [0, 0.1) is 0 Å². The van der Waals surface area contributed by atoms with Crippen LogP contribution >= 0.6 is 23.0 Å². The van der Waals surface area contributed by atoms with Gasteiger partial charge in [-0.15, -0.1) is 6.58 Å². The van der Waals surface area contributed by atoms with Crippen LogP contribution in [0.25, 0.3) is 0 Å². The fraction of sp³-hybridized carbons (Fsp3) is 0.250. The van der Waals surface area contributed by atoms with E-state index in [2.05, 4.69) is 15.0 Å². The maximum absolute atomic E-state index is 10.2. The van der Waals surface area contributed by atoms with E-state index in [0.717, 1.165) is 0 Å². The van der Waals surface area contributed by atoms with Crippen molar-refractivity contribution in [3.05, 3.63) is 12.7 Å². The number of halogens is 1. The predicted octanol–water partition coefficient (Wildman–Crippen LogP) is 1.25. The average molecular weight is 227 g/mol. The molecule has 1 amide bonds. The van der Waals surface area contributed by atoms with Gasteiger partial charge in [-0.25, -0.2) is 4.79 Å². The molecule has 3 nitrogen and oxygen atoms in total. The van der Waals surface area contributed by atoms with E-state index in [4.69, 9.17) is 0 Å². The number of hydrogen-bond acceptors (Lipinski definition) is 2. The van der Waals surface area contributed by atoms with E-state index in [-0.39, 0.29) is 0 Å². The van der Waals surface area contributed by atoms with Crippen molar-refractivity contribution < 1.29 is 7.86 Å². The second-order valence-corrected chi connectivity index (χ2v) is 1.47. The molecule has 0 radical (unpaired) electrons. The summed E-state index contributed by atoms with van der Waals surface area (Å²) >= 11 is 1.51. The van der Waals surface area contributed by atoms with Gasteiger partial charge in [0.1, 0.15) is 0 Å². The van der Waals surface area contributed by atoms with Crippen molar-refractivity contribution in [3.63, 3.8) is 0 Å². The van der Waals surface area contributed by atoms with Crippen LogP contribution in [0.5, 0.6) is 0 Å². The lowest BCUT2D eigenvalue weighted by molar-refractivity contribution is 0.216. The van der Waals surface area contributed by atoms with Crippen molar-refractivity contribution in [1.82, 2.24) is 5.32 Å². The number of rotatable bonds is 2. The van der Waals surface area contributed by atoms with E-state index in [9.17, 15) is 4.79 Å². The number of hydrogen-bond donors (Lipinski definition) is 1. The lowest BCUT2D eigenvalue weighted by Crippen LogP contribution is -2.20. The largest absolute Gasteiger partial charge is 0.416 e. The molecule has 0 aliphatic carbocycles. The molecule has 0 fully saturated rings. The van der Waals surface area contributed by atoms with Gasteiger partial charge in [0, 0.05) is 6.54 Å². The highest BCUT2D eigenvalue weighted by molar-refractivity contribution is 14.1. The van der Waals surface area contributed by atoms with Crippen molar-refractivity contribution in [2.24, 2.45) is 0 Å². The third kappa shape index (κ3) is 3.91. The molecule has 4 heteroatoms. The first-order valence-electron chi connectivity index (χ1n) is 1.98. The second-order valence-electron chi connectivity index (χ2n) is 1.03. The molecule has 0 heterocycles. The molecule has 0 saturated heterocycles. The van der Waals surface area contributed by atoms with Crippen molar-refractivity contribution in [2.45, 2.75) is 0 Å². The van der Waals surface area contributed by atoms with Crippen molar-refractivity contribution in [2.75, 3.05) is 6.54 Å². The highest BCUT2D eigenvalue weighted by Gasteiger charge is 1.92. The molecule has 0 bridgehead atoms. The third-order valence-corrected chi connectivity index (χ3v) is 0.861. The number of amides is 1. The summed E-state index contributed by atoms with van der Waals surface area (Å²) in [4.78, 5) is 10.2. The molecule has 1 N–H and O–H groups in total. The molecule has 0 saturated carbocycles. The van der Waals surface area contributed by atoms with Gasteiger partial charge in [0.2, 0.25) is 0 Å². The van der Waals surface area contributed by atoms with Crippen LogP contribution in [0.1, 0.15) is 0 Å². The van der Waals surface area contributed by atoms with Gasteiger partial charge in [-0.1, -0.05) is 6.08 Å². The van der Waals surface area contributed by atoms with Gasteiger partial charge in [-0.2, -0.15) is 0 Å². The van der Waals surface area contributed by atoms with Gasteiger partial charge in [-0.3, -0.25) is 0 Å². The maximum atomic E-state index is 10.2. The summed E-state index contributed by atoms with van der Waals surface area (Å²) in [6, 6.07) is 0. The minimum absolute atomic E-state index is 0.439. The van der Waals surface area contributed by atoms with E-state index in [1.807, 2.05) is 0 Å². The van der Waals surface area contributed by atoms with Crippen LogP contribution in [0.3, 0.4) is 0 Å².